The standard InChI is InChI=1S/C9H14N4/c1-13(2)6-7-4-3-5-12-8(7)9(10)11/h3-5H,6H2,1-2H3,(H3,10,11). The first kappa shape index (κ1) is 9.67. The van der Waals surface area contributed by atoms with E-state index in [0.717, 1.165) is 12.1 Å². The van der Waals surface area contributed by atoms with Gasteiger partial charge in [0.15, 0.2) is 0 Å². The number of hydrogen-bond donors (Lipinski definition) is 2. The summed E-state index contributed by atoms with van der Waals surface area (Å²) >= 11 is 0. The van der Waals surface area contributed by atoms with E-state index in [4.69, 9.17) is 11.1 Å². The maximum absolute atomic E-state index is 7.32. The van der Waals surface area contributed by atoms with Crippen LogP contribution in [-0.2, 0) is 6.54 Å². The Morgan fingerprint density at radius 1 is 1.62 bits per heavy atom. The number of aromatic nitrogens is 1. The monoisotopic (exact) mass is 178 g/mol. The molecule has 1 aromatic rings. The molecule has 4 heteroatoms. The summed E-state index contributed by atoms with van der Waals surface area (Å²) in [6.07, 6.45) is 1.65. The molecule has 0 aromatic carbocycles. The largest absolute Gasteiger partial charge is 0.382 e. The average Bonchev–Trinajstić information content (AvgIpc) is 2.03. The summed E-state index contributed by atoms with van der Waals surface area (Å²) in [5, 5.41) is 7.32. The van der Waals surface area contributed by atoms with E-state index in [9.17, 15) is 0 Å². The molecule has 0 aliphatic rings. The van der Waals surface area contributed by atoms with Crippen molar-refractivity contribution in [1.29, 1.82) is 5.41 Å². The van der Waals surface area contributed by atoms with E-state index in [1.54, 1.807) is 6.20 Å². The van der Waals surface area contributed by atoms with Crippen LogP contribution in [0.2, 0.25) is 0 Å². The maximum Gasteiger partial charge on any atom is 0.142 e. The van der Waals surface area contributed by atoms with Crippen LogP contribution in [0.1, 0.15) is 11.3 Å². The van der Waals surface area contributed by atoms with Crippen molar-refractivity contribution in [2.24, 2.45) is 5.73 Å². The molecular weight excluding hydrogens is 164 g/mol. The highest BCUT2D eigenvalue weighted by atomic mass is 15.1. The predicted octanol–water partition coefficient (Wildman–Crippen LogP) is 0.427. The van der Waals surface area contributed by atoms with Crippen molar-refractivity contribution in [2.45, 2.75) is 6.54 Å². The molecular formula is C9H14N4. The maximum atomic E-state index is 7.32. The van der Waals surface area contributed by atoms with Crippen molar-refractivity contribution in [2.75, 3.05) is 14.1 Å². The summed E-state index contributed by atoms with van der Waals surface area (Å²) in [4.78, 5) is 6.07. The third kappa shape index (κ3) is 2.52. The van der Waals surface area contributed by atoms with Crippen LogP contribution in [-0.4, -0.2) is 29.8 Å². The Labute approximate surface area is 77.9 Å². The Morgan fingerprint density at radius 2 is 2.31 bits per heavy atom. The highest BCUT2D eigenvalue weighted by Gasteiger charge is 2.05. The molecule has 70 valence electrons. The summed E-state index contributed by atoms with van der Waals surface area (Å²) in [6.45, 7) is 0.753. The van der Waals surface area contributed by atoms with Gasteiger partial charge in [-0.2, -0.15) is 0 Å². The number of nitrogens with zero attached hydrogens (tertiary/aromatic N) is 2. The Bertz CT molecular complexity index is 306. The fourth-order valence-electron chi connectivity index (χ4n) is 1.15. The van der Waals surface area contributed by atoms with Gasteiger partial charge < -0.3 is 10.6 Å². The van der Waals surface area contributed by atoms with Crippen LogP contribution >= 0.6 is 0 Å². The van der Waals surface area contributed by atoms with Crippen LogP contribution < -0.4 is 5.73 Å². The van der Waals surface area contributed by atoms with Gasteiger partial charge in [-0.1, -0.05) is 6.07 Å². The zero-order valence-electron chi connectivity index (χ0n) is 7.91. The van der Waals surface area contributed by atoms with Gasteiger partial charge >= 0.3 is 0 Å². The summed E-state index contributed by atoms with van der Waals surface area (Å²) in [5.74, 6) is 0.0254. The van der Waals surface area contributed by atoms with Gasteiger partial charge in [-0.25, -0.2) is 0 Å². The highest BCUT2D eigenvalue weighted by molar-refractivity contribution is 5.94. The lowest BCUT2D eigenvalue weighted by Crippen LogP contribution is -2.19. The summed E-state index contributed by atoms with van der Waals surface area (Å²) in [6, 6.07) is 3.79. The van der Waals surface area contributed by atoms with Gasteiger partial charge in [0.2, 0.25) is 0 Å². The average molecular weight is 178 g/mol. The molecule has 0 atom stereocenters. The smallest absolute Gasteiger partial charge is 0.142 e. The molecule has 0 aliphatic heterocycles. The third-order valence-corrected chi connectivity index (χ3v) is 1.63. The SMILES string of the molecule is CN(C)Cc1cccnc1C(=N)N. The molecule has 0 saturated heterocycles. The molecule has 0 saturated carbocycles. The van der Waals surface area contributed by atoms with Crippen molar-refractivity contribution in [3.8, 4) is 0 Å². The fourth-order valence-corrected chi connectivity index (χ4v) is 1.15. The summed E-state index contributed by atoms with van der Waals surface area (Å²) < 4.78 is 0. The van der Waals surface area contributed by atoms with E-state index >= 15 is 0 Å². The number of nitrogen functional groups attached to an aromatic ring is 1. The van der Waals surface area contributed by atoms with Crippen LogP contribution in [0.3, 0.4) is 0 Å². The van der Waals surface area contributed by atoms with Crippen molar-refractivity contribution in [3.05, 3.63) is 29.6 Å². The van der Waals surface area contributed by atoms with Gasteiger partial charge in [0.05, 0.1) is 0 Å². The van der Waals surface area contributed by atoms with Gasteiger partial charge in [0.1, 0.15) is 11.5 Å². The topological polar surface area (TPSA) is 66.0 Å². The Hall–Kier alpha value is -1.42. The third-order valence-electron chi connectivity index (χ3n) is 1.63. The lowest BCUT2D eigenvalue weighted by molar-refractivity contribution is 0.401. The minimum absolute atomic E-state index is 0.0254. The summed E-state index contributed by atoms with van der Waals surface area (Å²) in [5.41, 5.74) is 6.96. The number of nitrogens with one attached hydrogen (secondary N) is 1. The molecule has 0 amide bonds. The molecule has 0 aliphatic carbocycles. The van der Waals surface area contributed by atoms with Crippen LogP contribution in [0.25, 0.3) is 0 Å². The van der Waals surface area contributed by atoms with Crippen LogP contribution in [0.4, 0.5) is 0 Å². The van der Waals surface area contributed by atoms with Gasteiger partial charge in [0.25, 0.3) is 0 Å². The molecule has 0 fully saturated rings. The van der Waals surface area contributed by atoms with E-state index in [0.29, 0.717) is 5.69 Å². The molecule has 3 N–H and O–H groups in total. The number of amidine groups is 1. The van der Waals surface area contributed by atoms with E-state index in [1.807, 2.05) is 31.1 Å². The van der Waals surface area contributed by atoms with Gasteiger partial charge in [0, 0.05) is 12.7 Å². The second kappa shape index (κ2) is 4.00. The molecule has 0 unspecified atom stereocenters. The first-order chi connectivity index (χ1) is 6.11. The quantitative estimate of drug-likeness (QED) is 0.521. The van der Waals surface area contributed by atoms with Crippen LogP contribution in [0.5, 0.6) is 0 Å². The highest BCUT2D eigenvalue weighted by Crippen LogP contribution is 2.06. The molecule has 0 radical (unpaired) electrons. The first-order valence-corrected chi connectivity index (χ1v) is 4.04. The zero-order chi connectivity index (χ0) is 9.84. The molecule has 13 heavy (non-hydrogen) atoms. The molecule has 1 heterocycles. The summed E-state index contributed by atoms with van der Waals surface area (Å²) in [7, 11) is 3.94. The molecule has 0 bridgehead atoms. The molecule has 1 aromatic heterocycles. The second-order valence-corrected chi connectivity index (χ2v) is 3.16. The van der Waals surface area contributed by atoms with Gasteiger partial charge in [-0.05, 0) is 25.7 Å². The molecule has 1 rings (SSSR count). The fraction of sp³-hybridized carbons (Fsp3) is 0.333. The van der Waals surface area contributed by atoms with E-state index in [2.05, 4.69) is 4.98 Å². The lowest BCUT2D eigenvalue weighted by Gasteiger charge is -2.11. The van der Waals surface area contributed by atoms with Crippen LogP contribution in [0.15, 0.2) is 18.3 Å². The van der Waals surface area contributed by atoms with E-state index < -0.39 is 0 Å². The van der Waals surface area contributed by atoms with Gasteiger partial charge in [-0.3, -0.25) is 10.4 Å². The predicted molar refractivity (Wildman–Crippen MR) is 52.6 cm³/mol. The van der Waals surface area contributed by atoms with E-state index in [1.165, 1.54) is 0 Å². The van der Waals surface area contributed by atoms with Crippen molar-refractivity contribution < 1.29 is 0 Å². The number of rotatable bonds is 3. The Balaban J connectivity index is 2.98. The molecule has 0 spiro atoms. The Kier molecular flexibility index (Phi) is 2.97. The van der Waals surface area contributed by atoms with Crippen molar-refractivity contribution in [1.82, 2.24) is 9.88 Å². The number of pyridine rings is 1. The minimum Gasteiger partial charge on any atom is -0.382 e. The van der Waals surface area contributed by atoms with E-state index in [-0.39, 0.29) is 5.84 Å². The van der Waals surface area contributed by atoms with Crippen molar-refractivity contribution in [3.63, 3.8) is 0 Å². The lowest BCUT2D eigenvalue weighted by atomic mass is 10.2. The zero-order valence-corrected chi connectivity index (χ0v) is 7.91. The van der Waals surface area contributed by atoms with Crippen LogP contribution in [0, 0.1) is 5.41 Å². The van der Waals surface area contributed by atoms with Crippen molar-refractivity contribution >= 4 is 5.84 Å². The second-order valence-electron chi connectivity index (χ2n) is 3.16. The normalized spacial score (nSPS) is 10.4. The van der Waals surface area contributed by atoms with Gasteiger partial charge in [-0.15, -0.1) is 0 Å². The number of nitrogens with two attached hydrogens (primary N) is 1. The minimum atomic E-state index is 0.0254. The first-order valence-electron chi connectivity index (χ1n) is 4.04. The Morgan fingerprint density at radius 3 is 2.85 bits per heavy atom. The molecule has 4 nitrogen and oxygen atoms in total. The number of hydrogen-bond acceptors (Lipinski definition) is 3.